The zero-order chi connectivity index (χ0) is 13.8. The number of hydrogen-bond donors (Lipinski definition) is 1. The van der Waals surface area contributed by atoms with Crippen molar-refractivity contribution in [3.63, 3.8) is 0 Å². The monoisotopic (exact) mass is 275 g/mol. The fourth-order valence-corrected chi connectivity index (χ4v) is 2.35. The van der Waals surface area contributed by atoms with E-state index in [0.29, 0.717) is 5.16 Å². The van der Waals surface area contributed by atoms with Crippen molar-refractivity contribution in [3.8, 4) is 0 Å². The van der Waals surface area contributed by atoms with Gasteiger partial charge in [-0.2, -0.15) is 0 Å². The van der Waals surface area contributed by atoms with Gasteiger partial charge in [0.15, 0.2) is 5.16 Å². The molecule has 0 bridgehead atoms. The van der Waals surface area contributed by atoms with Crippen LogP contribution in [0.25, 0.3) is 0 Å². The minimum Gasteiger partial charge on any atom is -0.369 e. The summed E-state index contributed by atoms with van der Waals surface area (Å²) in [7, 11) is 0. The highest BCUT2D eigenvalue weighted by Crippen LogP contribution is 2.24. The highest BCUT2D eigenvalue weighted by molar-refractivity contribution is 7.99. The topological polar surface area (TPSA) is 63.6 Å². The highest BCUT2D eigenvalue weighted by atomic mass is 32.2. The van der Waals surface area contributed by atoms with Gasteiger partial charge < -0.3 is 5.32 Å². The maximum Gasteiger partial charge on any atom is 0.194 e. The molecule has 0 spiro atoms. The van der Waals surface area contributed by atoms with Gasteiger partial charge in [0.2, 0.25) is 0 Å². The van der Waals surface area contributed by atoms with Crippen molar-refractivity contribution in [3.05, 3.63) is 29.3 Å². The molecule has 6 heteroatoms. The summed E-state index contributed by atoms with van der Waals surface area (Å²) in [4.78, 5) is 17.5. The van der Waals surface area contributed by atoms with Gasteiger partial charge in [0, 0.05) is 17.9 Å². The van der Waals surface area contributed by atoms with E-state index in [2.05, 4.69) is 25.3 Å². The lowest BCUT2D eigenvalue weighted by Crippen LogP contribution is -2.01. The van der Waals surface area contributed by atoms with Crippen LogP contribution in [0.3, 0.4) is 0 Å². The third kappa shape index (κ3) is 3.41. The Hall–Kier alpha value is -1.69. The van der Waals surface area contributed by atoms with Crippen molar-refractivity contribution in [1.82, 2.24) is 19.9 Å². The summed E-state index contributed by atoms with van der Waals surface area (Å²) >= 11 is 1.43. The maximum atomic E-state index is 4.47. The molecule has 19 heavy (non-hydrogen) atoms. The van der Waals surface area contributed by atoms with Crippen molar-refractivity contribution < 1.29 is 0 Å². The quantitative estimate of drug-likeness (QED) is 0.866. The molecule has 2 heterocycles. The standard InChI is InChI=1S/C13H17N5S/c1-5-15-11-6-14-7-12(18-11)19-13-16-9(3)8(2)10(4)17-13/h6-7H,5H2,1-4H3,(H,15,18). The van der Waals surface area contributed by atoms with Crippen molar-refractivity contribution >= 4 is 17.6 Å². The van der Waals surface area contributed by atoms with E-state index in [4.69, 9.17) is 0 Å². The molecule has 0 amide bonds. The molecule has 0 radical (unpaired) electrons. The van der Waals surface area contributed by atoms with Gasteiger partial charge in [-0.3, -0.25) is 4.98 Å². The molecule has 100 valence electrons. The molecule has 1 N–H and O–H groups in total. The first-order valence-electron chi connectivity index (χ1n) is 6.15. The summed E-state index contributed by atoms with van der Waals surface area (Å²) in [6, 6.07) is 0. The lowest BCUT2D eigenvalue weighted by atomic mass is 10.2. The van der Waals surface area contributed by atoms with E-state index in [1.54, 1.807) is 12.4 Å². The largest absolute Gasteiger partial charge is 0.369 e. The van der Waals surface area contributed by atoms with Gasteiger partial charge in [-0.15, -0.1) is 0 Å². The molecule has 0 unspecified atom stereocenters. The van der Waals surface area contributed by atoms with Crippen LogP contribution in [0, 0.1) is 20.8 Å². The smallest absolute Gasteiger partial charge is 0.194 e. The predicted molar refractivity (Wildman–Crippen MR) is 76.6 cm³/mol. The normalized spacial score (nSPS) is 10.5. The number of rotatable bonds is 4. The van der Waals surface area contributed by atoms with E-state index in [-0.39, 0.29) is 0 Å². The number of nitrogens with zero attached hydrogens (tertiary/aromatic N) is 4. The molecule has 0 atom stereocenters. The zero-order valence-corrected chi connectivity index (χ0v) is 12.4. The summed E-state index contributed by atoms with van der Waals surface area (Å²) < 4.78 is 0. The first kappa shape index (κ1) is 13.7. The maximum absolute atomic E-state index is 4.47. The average molecular weight is 275 g/mol. The fourth-order valence-electron chi connectivity index (χ4n) is 1.54. The molecular weight excluding hydrogens is 258 g/mol. The summed E-state index contributed by atoms with van der Waals surface area (Å²) in [5.41, 5.74) is 3.15. The van der Waals surface area contributed by atoms with Crippen LogP contribution in [0.4, 0.5) is 5.82 Å². The van der Waals surface area contributed by atoms with Crippen LogP contribution in [0.5, 0.6) is 0 Å². The second-order valence-electron chi connectivity index (χ2n) is 4.18. The van der Waals surface area contributed by atoms with E-state index in [1.165, 1.54) is 11.8 Å². The molecule has 2 aromatic rings. The molecule has 0 aliphatic carbocycles. The van der Waals surface area contributed by atoms with Crippen LogP contribution in [-0.2, 0) is 0 Å². The molecule has 5 nitrogen and oxygen atoms in total. The van der Waals surface area contributed by atoms with Gasteiger partial charge in [-0.1, -0.05) is 0 Å². The molecule has 0 saturated heterocycles. The predicted octanol–water partition coefficient (Wildman–Crippen LogP) is 2.77. The Morgan fingerprint density at radius 3 is 2.37 bits per heavy atom. The van der Waals surface area contributed by atoms with E-state index < -0.39 is 0 Å². The minimum atomic E-state index is 0.712. The number of aromatic nitrogens is 4. The van der Waals surface area contributed by atoms with E-state index in [0.717, 1.165) is 34.3 Å². The summed E-state index contributed by atoms with van der Waals surface area (Å²) in [6.45, 7) is 8.87. The molecule has 2 aromatic heterocycles. The molecule has 0 fully saturated rings. The van der Waals surface area contributed by atoms with Gasteiger partial charge in [0.1, 0.15) is 10.8 Å². The van der Waals surface area contributed by atoms with Crippen molar-refractivity contribution in [2.45, 2.75) is 37.9 Å². The Labute approximate surface area is 117 Å². The Morgan fingerprint density at radius 1 is 1.05 bits per heavy atom. The summed E-state index contributed by atoms with van der Waals surface area (Å²) in [5.74, 6) is 0.771. The van der Waals surface area contributed by atoms with E-state index in [1.807, 2.05) is 27.7 Å². The van der Waals surface area contributed by atoms with Gasteiger partial charge >= 0.3 is 0 Å². The molecule has 0 aliphatic heterocycles. The number of nitrogens with one attached hydrogen (secondary N) is 1. The second-order valence-corrected chi connectivity index (χ2v) is 5.16. The summed E-state index contributed by atoms with van der Waals surface area (Å²) in [5, 5.41) is 4.64. The van der Waals surface area contributed by atoms with Gasteiger partial charge in [0.25, 0.3) is 0 Å². The van der Waals surface area contributed by atoms with Crippen LogP contribution in [-0.4, -0.2) is 26.5 Å². The minimum absolute atomic E-state index is 0.712. The average Bonchev–Trinajstić information content (AvgIpc) is 2.37. The molecule has 0 saturated carbocycles. The van der Waals surface area contributed by atoms with Crippen LogP contribution in [0.15, 0.2) is 22.6 Å². The van der Waals surface area contributed by atoms with Crippen molar-refractivity contribution in [2.24, 2.45) is 0 Å². The SMILES string of the molecule is CCNc1cncc(Sc2nc(C)c(C)c(C)n2)n1. The Balaban J connectivity index is 2.23. The number of aryl methyl sites for hydroxylation is 2. The third-order valence-corrected chi connectivity index (χ3v) is 3.55. The molecule has 2 rings (SSSR count). The molecule has 0 aromatic carbocycles. The Morgan fingerprint density at radius 2 is 1.74 bits per heavy atom. The van der Waals surface area contributed by atoms with Crippen molar-refractivity contribution in [2.75, 3.05) is 11.9 Å². The van der Waals surface area contributed by atoms with Crippen LogP contribution in [0.1, 0.15) is 23.9 Å². The van der Waals surface area contributed by atoms with Gasteiger partial charge in [-0.05, 0) is 45.0 Å². The Bertz CT molecular complexity index is 562. The van der Waals surface area contributed by atoms with Gasteiger partial charge in [0.05, 0.1) is 12.4 Å². The number of anilines is 1. The first-order chi connectivity index (χ1) is 9.10. The fraction of sp³-hybridized carbons (Fsp3) is 0.385. The third-order valence-electron chi connectivity index (χ3n) is 2.78. The lowest BCUT2D eigenvalue weighted by molar-refractivity contribution is 0.877. The molecule has 0 aliphatic rings. The van der Waals surface area contributed by atoms with E-state index in [9.17, 15) is 0 Å². The summed E-state index contributed by atoms with van der Waals surface area (Å²) in [6.07, 6.45) is 3.43. The first-order valence-corrected chi connectivity index (χ1v) is 6.97. The molecular formula is C13H17N5S. The van der Waals surface area contributed by atoms with Crippen molar-refractivity contribution in [1.29, 1.82) is 0 Å². The number of hydrogen-bond acceptors (Lipinski definition) is 6. The highest BCUT2D eigenvalue weighted by Gasteiger charge is 2.08. The van der Waals surface area contributed by atoms with Crippen LogP contribution < -0.4 is 5.32 Å². The Kier molecular flexibility index (Phi) is 4.31. The second kappa shape index (κ2) is 5.97. The zero-order valence-electron chi connectivity index (χ0n) is 11.6. The van der Waals surface area contributed by atoms with Crippen LogP contribution in [0.2, 0.25) is 0 Å². The van der Waals surface area contributed by atoms with E-state index >= 15 is 0 Å². The van der Waals surface area contributed by atoms with Crippen LogP contribution >= 0.6 is 11.8 Å². The lowest BCUT2D eigenvalue weighted by Gasteiger charge is -2.07. The van der Waals surface area contributed by atoms with Gasteiger partial charge in [-0.25, -0.2) is 15.0 Å².